The Hall–Kier alpha value is -3.15. The summed E-state index contributed by atoms with van der Waals surface area (Å²) in [6.07, 6.45) is -0.480. The van der Waals surface area contributed by atoms with Gasteiger partial charge in [-0.3, -0.25) is 0 Å². The number of para-hydroxylation sites is 1. The van der Waals surface area contributed by atoms with Crippen molar-refractivity contribution in [2.75, 3.05) is 6.61 Å². The number of hydrogen-bond donors (Lipinski definition) is 0. The first-order valence-electron chi connectivity index (χ1n) is 7.96. The molecule has 1 aromatic carbocycles. The fourth-order valence-corrected chi connectivity index (χ4v) is 2.82. The molecule has 0 N–H and O–H groups in total. The summed E-state index contributed by atoms with van der Waals surface area (Å²) in [6.45, 7) is 2.11. The third kappa shape index (κ3) is 2.87. The smallest absolute Gasteiger partial charge is 0.347 e. The number of benzene rings is 1. The summed E-state index contributed by atoms with van der Waals surface area (Å²) in [5, 5.41) is 0.658. The van der Waals surface area contributed by atoms with Crippen molar-refractivity contribution in [1.82, 2.24) is 4.98 Å². The van der Waals surface area contributed by atoms with E-state index in [0.717, 1.165) is 5.76 Å². The van der Waals surface area contributed by atoms with E-state index in [1.807, 2.05) is 31.2 Å². The van der Waals surface area contributed by atoms with Crippen molar-refractivity contribution in [3.8, 4) is 11.5 Å². The predicted molar refractivity (Wildman–Crippen MR) is 89.0 cm³/mol. The van der Waals surface area contributed by atoms with Crippen LogP contribution in [0.5, 0.6) is 0 Å². The van der Waals surface area contributed by atoms with Gasteiger partial charge in [0.05, 0.1) is 17.7 Å². The van der Waals surface area contributed by atoms with E-state index in [1.165, 1.54) is 0 Å². The van der Waals surface area contributed by atoms with Crippen molar-refractivity contribution in [3.05, 3.63) is 53.8 Å². The molecule has 6 heteroatoms. The van der Waals surface area contributed by atoms with Gasteiger partial charge in [-0.2, -0.15) is 0 Å². The minimum absolute atomic E-state index is 0.269. The van der Waals surface area contributed by atoms with E-state index in [9.17, 15) is 9.59 Å². The first-order chi connectivity index (χ1) is 12.1. The highest BCUT2D eigenvalue weighted by molar-refractivity contribution is 6.05. The molecule has 6 nitrogen and oxygen atoms in total. The van der Waals surface area contributed by atoms with Gasteiger partial charge in [0.2, 0.25) is 6.10 Å². The zero-order valence-electron chi connectivity index (χ0n) is 13.5. The highest BCUT2D eigenvalue weighted by Crippen LogP contribution is 2.27. The van der Waals surface area contributed by atoms with E-state index < -0.39 is 18.0 Å². The Morgan fingerprint density at radius 3 is 2.80 bits per heavy atom. The highest BCUT2D eigenvalue weighted by Gasteiger charge is 2.31. The van der Waals surface area contributed by atoms with E-state index in [0.29, 0.717) is 34.3 Å². The van der Waals surface area contributed by atoms with Crippen LogP contribution in [0.15, 0.2) is 46.9 Å². The molecule has 0 radical (unpaired) electrons. The number of nitrogens with zero attached hydrogens (tertiary/aromatic N) is 1. The van der Waals surface area contributed by atoms with E-state index in [-0.39, 0.29) is 6.61 Å². The first-order valence-corrected chi connectivity index (χ1v) is 7.96. The van der Waals surface area contributed by atoms with Crippen molar-refractivity contribution < 1.29 is 23.5 Å². The second-order valence-electron chi connectivity index (χ2n) is 5.83. The zero-order chi connectivity index (χ0) is 17.4. The summed E-state index contributed by atoms with van der Waals surface area (Å²) >= 11 is 0. The lowest BCUT2D eigenvalue weighted by atomic mass is 10.1. The molecule has 0 amide bonds. The van der Waals surface area contributed by atoms with E-state index in [2.05, 4.69) is 4.98 Å². The number of fused-ring (bicyclic) bond motifs is 1. The van der Waals surface area contributed by atoms with Gasteiger partial charge in [-0.25, -0.2) is 14.6 Å². The van der Waals surface area contributed by atoms with Crippen LogP contribution in [-0.2, 0) is 14.3 Å². The second kappa shape index (κ2) is 6.05. The number of rotatable bonds is 3. The van der Waals surface area contributed by atoms with E-state index in [4.69, 9.17) is 13.9 Å². The lowest BCUT2D eigenvalue weighted by molar-refractivity contribution is -0.145. The van der Waals surface area contributed by atoms with Crippen LogP contribution in [0.1, 0.15) is 22.5 Å². The number of hydrogen-bond acceptors (Lipinski definition) is 6. The number of aromatic nitrogens is 1. The van der Waals surface area contributed by atoms with Crippen LogP contribution in [-0.4, -0.2) is 29.6 Å². The van der Waals surface area contributed by atoms with Crippen molar-refractivity contribution in [1.29, 1.82) is 0 Å². The Morgan fingerprint density at radius 2 is 2.08 bits per heavy atom. The Kier molecular flexibility index (Phi) is 3.72. The maximum absolute atomic E-state index is 12.7. The van der Waals surface area contributed by atoms with Gasteiger partial charge >= 0.3 is 11.9 Å². The third-order valence-corrected chi connectivity index (χ3v) is 4.07. The van der Waals surface area contributed by atoms with Gasteiger partial charge in [0.1, 0.15) is 11.5 Å². The molecule has 0 saturated carbocycles. The molecule has 2 aromatic heterocycles. The lowest BCUT2D eigenvalue weighted by Crippen LogP contribution is -2.22. The quantitative estimate of drug-likeness (QED) is 0.683. The second-order valence-corrected chi connectivity index (χ2v) is 5.83. The standard InChI is InChI=1S/C19H15NO5/c1-11-6-7-16(24-11)15-10-13(12-4-2-3-5-14(12)20-15)18(21)25-17-8-9-23-19(17)22/h2-7,10,17H,8-9H2,1H3/t17-/m0/s1. The summed E-state index contributed by atoms with van der Waals surface area (Å²) in [6, 6.07) is 12.5. The molecular weight excluding hydrogens is 322 g/mol. The maximum Gasteiger partial charge on any atom is 0.347 e. The Balaban J connectivity index is 1.78. The minimum atomic E-state index is -0.853. The van der Waals surface area contributed by atoms with Crippen molar-refractivity contribution in [2.24, 2.45) is 0 Å². The molecule has 1 aliphatic heterocycles. The Labute approximate surface area is 143 Å². The maximum atomic E-state index is 12.7. The van der Waals surface area contributed by atoms with Gasteiger partial charge in [-0.05, 0) is 31.2 Å². The van der Waals surface area contributed by atoms with Crippen molar-refractivity contribution >= 4 is 22.8 Å². The Bertz CT molecular complexity index is 975. The first kappa shape index (κ1) is 15.4. The SMILES string of the molecule is Cc1ccc(-c2cc(C(=O)O[C@H]3CCOC3=O)c3ccccc3n2)o1. The number of ether oxygens (including phenoxy) is 2. The van der Waals surface area contributed by atoms with Gasteiger partial charge in [0.25, 0.3) is 0 Å². The summed E-state index contributed by atoms with van der Waals surface area (Å²) in [4.78, 5) is 28.8. The number of carbonyl (C=O) groups excluding carboxylic acids is 2. The van der Waals surface area contributed by atoms with Gasteiger partial charge in [-0.1, -0.05) is 18.2 Å². The zero-order valence-corrected chi connectivity index (χ0v) is 13.5. The average molecular weight is 337 g/mol. The van der Waals surface area contributed by atoms with Crippen molar-refractivity contribution in [2.45, 2.75) is 19.4 Å². The van der Waals surface area contributed by atoms with Crippen molar-refractivity contribution in [3.63, 3.8) is 0 Å². The molecule has 0 aliphatic carbocycles. The molecule has 0 spiro atoms. The number of furan rings is 1. The van der Waals surface area contributed by atoms with Gasteiger partial charge in [-0.15, -0.1) is 0 Å². The minimum Gasteiger partial charge on any atom is -0.463 e. The molecule has 0 bridgehead atoms. The fraction of sp³-hybridized carbons (Fsp3) is 0.211. The number of carbonyl (C=O) groups is 2. The van der Waals surface area contributed by atoms with Crippen LogP contribution in [0.3, 0.4) is 0 Å². The van der Waals surface area contributed by atoms with Gasteiger partial charge in [0, 0.05) is 11.8 Å². The third-order valence-electron chi connectivity index (χ3n) is 4.07. The summed E-state index contributed by atoms with van der Waals surface area (Å²) in [5.41, 5.74) is 1.53. The fourth-order valence-electron chi connectivity index (χ4n) is 2.82. The molecule has 1 saturated heterocycles. The summed E-state index contributed by atoms with van der Waals surface area (Å²) in [5.74, 6) is 0.237. The highest BCUT2D eigenvalue weighted by atomic mass is 16.6. The molecule has 1 fully saturated rings. The number of pyridine rings is 1. The number of aryl methyl sites for hydroxylation is 1. The molecule has 1 aliphatic rings. The molecule has 126 valence electrons. The molecule has 3 aromatic rings. The molecule has 3 heterocycles. The van der Waals surface area contributed by atoms with Crippen LogP contribution in [0.2, 0.25) is 0 Å². The molecule has 1 atom stereocenters. The van der Waals surface area contributed by atoms with Crippen LogP contribution in [0, 0.1) is 6.92 Å². The number of esters is 2. The Morgan fingerprint density at radius 1 is 1.24 bits per heavy atom. The average Bonchev–Trinajstić information content (AvgIpc) is 3.22. The lowest BCUT2D eigenvalue weighted by Gasteiger charge is -2.11. The number of cyclic esters (lactones) is 1. The van der Waals surface area contributed by atoms with Crippen LogP contribution < -0.4 is 0 Å². The topological polar surface area (TPSA) is 78.6 Å². The van der Waals surface area contributed by atoms with Gasteiger partial charge in [0.15, 0.2) is 5.76 Å². The summed E-state index contributed by atoms with van der Waals surface area (Å²) in [7, 11) is 0. The summed E-state index contributed by atoms with van der Waals surface area (Å²) < 4.78 is 15.8. The molecule has 25 heavy (non-hydrogen) atoms. The normalized spacial score (nSPS) is 16.8. The predicted octanol–water partition coefficient (Wildman–Crippen LogP) is 3.28. The van der Waals surface area contributed by atoms with Crippen LogP contribution >= 0.6 is 0 Å². The molecule has 4 rings (SSSR count). The molecular formula is C19H15NO5. The van der Waals surface area contributed by atoms with E-state index >= 15 is 0 Å². The van der Waals surface area contributed by atoms with Gasteiger partial charge < -0.3 is 13.9 Å². The monoisotopic (exact) mass is 337 g/mol. The molecule has 0 unspecified atom stereocenters. The van der Waals surface area contributed by atoms with Crippen LogP contribution in [0.25, 0.3) is 22.4 Å². The van der Waals surface area contributed by atoms with Crippen LogP contribution in [0.4, 0.5) is 0 Å². The van der Waals surface area contributed by atoms with E-state index in [1.54, 1.807) is 18.2 Å². The largest absolute Gasteiger partial charge is 0.463 e.